The van der Waals surface area contributed by atoms with Crippen LogP contribution in [0.5, 0.6) is 0 Å². The highest BCUT2D eigenvalue weighted by Crippen LogP contribution is 2.41. The van der Waals surface area contributed by atoms with Gasteiger partial charge in [-0.2, -0.15) is 0 Å². The molecular weight excluding hydrogens is 164 g/mol. The van der Waals surface area contributed by atoms with Gasteiger partial charge in [0.1, 0.15) is 0 Å². The van der Waals surface area contributed by atoms with Crippen LogP contribution in [0.15, 0.2) is 0 Å². The summed E-state index contributed by atoms with van der Waals surface area (Å²) in [4.78, 5) is 13.5. The van der Waals surface area contributed by atoms with E-state index in [0.717, 1.165) is 13.2 Å². The van der Waals surface area contributed by atoms with Crippen LogP contribution < -0.4 is 5.32 Å². The van der Waals surface area contributed by atoms with Gasteiger partial charge < -0.3 is 4.90 Å². The molecule has 1 N–H and O–H groups in total. The topological polar surface area (TPSA) is 32.3 Å². The van der Waals surface area contributed by atoms with Crippen molar-refractivity contribution >= 4 is 5.91 Å². The Morgan fingerprint density at radius 3 is 2.69 bits per heavy atom. The Morgan fingerprint density at radius 2 is 2.31 bits per heavy atom. The van der Waals surface area contributed by atoms with Gasteiger partial charge in [0.25, 0.3) is 0 Å². The molecule has 1 aliphatic heterocycles. The van der Waals surface area contributed by atoms with Gasteiger partial charge >= 0.3 is 0 Å². The summed E-state index contributed by atoms with van der Waals surface area (Å²) in [6.07, 6.45) is 3.90. The van der Waals surface area contributed by atoms with Gasteiger partial charge in [-0.15, -0.1) is 0 Å². The van der Waals surface area contributed by atoms with Crippen molar-refractivity contribution in [1.29, 1.82) is 0 Å². The van der Waals surface area contributed by atoms with E-state index < -0.39 is 0 Å². The number of hydrogen-bond acceptors (Lipinski definition) is 2. The number of hydrogen-bond donors (Lipinski definition) is 1. The van der Waals surface area contributed by atoms with Gasteiger partial charge in [-0.05, 0) is 25.2 Å². The number of nitrogens with zero attached hydrogens (tertiary/aromatic N) is 1. The lowest BCUT2D eigenvalue weighted by atomic mass is 9.70. The third-order valence-electron chi connectivity index (χ3n) is 3.40. The molecule has 0 aromatic heterocycles. The van der Waals surface area contributed by atoms with E-state index in [-0.39, 0.29) is 11.9 Å². The van der Waals surface area contributed by atoms with Crippen molar-refractivity contribution in [3.8, 4) is 0 Å². The first kappa shape index (κ1) is 9.00. The van der Waals surface area contributed by atoms with E-state index >= 15 is 0 Å². The maximum atomic E-state index is 11.6. The molecule has 3 heteroatoms. The van der Waals surface area contributed by atoms with Gasteiger partial charge in [-0.25, -0.2) is 0 Å². The summed E-state index contributed by atoms with van der Waals surface area (Å²) >= 11 is 0. The number of carbonyl (C=O) groups excluding carboxylic acids is 1. The Morgan fingerprint density at radius 1 is 1.62 bits per heavy atom. The van der Waals surface area contributed by atoms with Crippen LogP contribution in [-0.2, 0) is 4.79 Å². The predicted octanol–water partition coefficient (Wildman–Crippen LogP) is 0.954. The molecule has 0 aromatic carbocycles. The second-order valence-electron chi connectivity index (χ2n) is 4.78. The molecule has 1 atom stereocenters. The summed E-state index contributed by atoms with van der Waals surface area (Å²) in [6.45, 7) is 5.91. The van der Waals surface area contributed by atoms with Gasteiger partial charge in [0.15, 0.2) is 0 Å². The van der Waals surface area contributed by atoms with E-state index in [1.807, 2.05) is 11.8 Å². The van der Waals surface area contributed by atoms with Crippen molar-refractivity contribution in [2.75, 3.05) is 13.2 Å². The standard InChI is InChI=1S/C10H18N2O/c1-8-9(13)12(7-11-8)6-10(2)4-3-5-10/h8,11H,3-7H2,1-2H3. The predicted molar refractivity (Wildman–Crippen MR) is 51.1 cm³/mol. The molecule has 13 heavy (non-hydrogen) atoms. The average Bonchev–Trinajstić information content (AvgIpc) is 2.33. The van der Waals surface area contributed by atoms with Crippen molar-refractivity contribution in [3.05, 3.63) is 0 Å². The molecule has 0 aromatic rings. The van der Waals surface area contributed by atoms with Gasteiger partial charge in [0, 0.05) is 6.54 Å². The molecule has 1 saturated carbocycles. The van der Waals surface area contributed by atoms with E-state index in [4.69, 9.17) is 0 Å². The second kappa shape index (κ2) is 2.98. The summed E-state index contributed by atoms with van der Waals surface area (Å²) in [5.41, 5.74) is 0.418. The summed E-state index contributed by atoms with van der Waals surface area (Å²) in [5.74, 6) is 0.271. The summed E-state index contributed by atoms with van der Waals surface area (Å²) in [6, 6.07) is 0.0312. The van der Waals surface area contributed by atoms with Gasteiger partial charge in [0.05, 0.1) is 12.7 Å². The lowest BCUT2D eigenvalue weighted by molar-refractivity contribution is -0.130. The van der Waals surface area contributed by atoms with Crippen molar-refractivity contribution in [1.82, 2.24) is 10.2 Å². The SMILES string of the molecule is CC1NCN(CC2(C)CCC2)C1=O. The first-order chi connectivity index (χ1) is 6.11. The van der Waals surface area contributed by atoms with Gasteiger partial charge in [-0.3, -0.25) is 10.1 Å². The van der Waals surface area contributed by atoms with E-state index in [9.17, 15) is 4.79 Å². The van der Waals surface area contributed by atoms with Gasteiger partial charge in [-0.1, -0.05) is 13.3 Å². The normalized spacial score (nSPS) is 32.0. The zero-order valence-electron chi connectivity index (χ0n) is 8.47. The fourth-order valence-corrected chi connectivity index (χ4v) is 2.22. The lowest BCUT2D eigenvalue weighted by Crippen LogP contribution is -2.41. The smallest absolute Gasteiger partial charge is 0.240 e. The zero-order valence-corrected chi connectivity index (χ0v) is 8.47. The minimum Gasteiger partial charge on any atom is -0.328 e. The van der Waals surface area contributed by atoms with Crippen LogP contribution in [0.25, 0.3) is 0 Å². The highest BCUT2D eigenvalue weighted by atomic mass is 16.2. The molecule has 0 spiro atoms. The van der Waals surface area contributed by atoms with Gasteiger partial charge in [0.2, 0.25) is 5.91 Å². The fourth-order valence-electron chi connectivity index (χ4n) is 2.22. The first-order valence-electron chi connectivity index (χ1n) is 5.13. The van der Waals surface area contributed by atoms with Crippen LogP contribution in [0.4, 0.5) is 0 Å². The largest absolute Gasteiger partial charge is 0.328 e. The van der Waals surface area contributed by atoms with E-state index in [0.29, 0.717) is 5.41 Å². The lowest BCUT2D eigenvalue weighted by Gasteiger charge is -2.41. The second-order valence-corrected chi connectivity index (χ2v) is 4.78. The molecule has 0 radical (unpaired) electrons. The van der Waals surface area contributed by atoms with Crippen molar-refractivity contribution in [2.45, 2.75) is 39.2 Å². The molecule has 1 amide bonds. The highest BCUT2D eigenvalue weighted by Gasteiger charge is 2.37. The Bertz CT molecular complexity index is 223. The number of rotatable bonds is 2. The Hall–Kier alpha value is -0.570. The van der Waals surface area contributed by atoms with Crippen LogP contribution >= 0.6 is 0 Å². The number of amides is 1. The molecule has 1 unspecified atom stereocenters. The van der Waals surface area contributed by atoms with Crippen LogP contribution in [-0.4, -0.2) is 30.1 Å². The molecule has 74 valence electrons. The summed E-state index contributed by atoms with van der Waals surface area (Å²) in [7, 11) is 0. The molecular formula is C10H18N2O. The minimum absolute atomic E-state index is 0.0312. The molecule has 2 rings (SSSR count). The molecule has 1 saturated heterocycles. The van der Waals surface area contributed by atoms with Crippen LogP contribution in [0.1, 0.15) is 33.1 Å². The molecule has 1 heterocycles. The maximum absolute atomic E-state index is 11.6. The summed E-state index contributed by atoms with van der Waals surface area (Å²) in [5, 5.41) is 3.17. The van der Waals surface area contributed by atoms with Crippen LogP contribution in [0.3, 0.4) is 0 Å². The van der Waals surface area contributed by atoms with Crippen molar-refractivity contribution < 1.29 is 4.79 Å². The van der Waals surface area contributed by atoms with E-state index in [2.05, 4.69) is 12.2 Å². The highest BCUT2D eigenvalue weighted by molar-refractivity contribution is 5.83. The molecule has 1 aliphatic carbocycles. The molecule has 2 fully saturated rings. The fraction of sp³-hybridized carbons (Fsp3) is 0.900. The van der Waals surface area contributed by atoms with Crippen LogP contribution in [0, 0.1) is 5.41 Å². The quantitative estimate of drug-likeness (QED) is 0.689. The minimum atomic E-state index is 0.0312. The monoisotopic (exact) mass is 182 g/mol. The Kier molecular flexibility index (Phi) is 2.06. The summed E-state index contributed by atoms with van der Waals surface area (Å²) < 4.78 is 0. The number of nitrogens with one attached hydrogen (secondary N) is 1. The Labute approximate surface area is 79.5 Å². The molecule has 3 nitrogen and oxygen atoms in total. The molecule has 2 aliphatic rings. The third-order valence-corrected chi connectivity index (χ3v) is 3.40. The number of carbonyl (C=O) groups is 1. The van der Waals surface area contributed by atoms with Crippen LogP contribution in [0.2, 0.25) is 0 Å². The Balaban J connectivity index is 1.92. The first-order valence-corrected chi connectivity index (χ1v) is 5.13. The zero-order chi connectivity index (χ0) is 9.47. The average molecular weight is 182 g/mol. The maximum Gasteiger partial charge on any atom is 0.240 e. The third kappa shape index (κ3) is 1.57. The van der Waals surface area contributed by atoms with E-state index in [1.165, 1.54) is 19.3 Å². The van der Waals surface area contributed by atoms with E-state index in [1.54, 1.807) is 0 Å². The van der Waals surface area contributed by atoms with Crippen molar-refractivity contribution in [3.63, 3.8) is 0 Å². The molecule has 0 bridgehead atoms. The van der Waals surface area contributed by atoms with Crippen molar-refractivity contribution in [2.24, 2.45) is 5.41 Å².